The van der Waals surface area contributed by atoms with E-state index in [1.807, 2.05) is 61.1 Å². The summed E-state index contributed by atoms with van der Waals surface area (Å²) < 4.78 is 13.4. The van der Waals surface area contributed by atoms with Crippen LogP contribution >= 0.6 is 24.0 Å². The molecule has 0 bridgehead atoms. The molecule has 1 aliphatic heterocycles. The first-order valence-corrected chi connectivity index (χ1v) is 10.3. The van der Waals surface area contributed by atoms with Crippen LogP contribution in [0.15, 0.2) is 59.7 Å². The van der Waals surface area contributed by atoms with Gasteiger partial charge in [0.05, 0.1) is 31.1 Å². The van der Waals surface area contributed by atoms with Crippen molar-refractivity contribution < 1.29 is 9.47 Å². The minimum atomic E-state index is 0. The van der Waals surface area contributed by atoms with Crippen LogP contribution in [-0.2, 0) is 6.54 Å². The van der Waals surface area contributed by atoms with E-state index in [1.54, 1.807) is 0 Å². The zero-order valence-corrected chi connectivity index (χ0v) is 20.1. The molecule has 0 unspecified atom stereocenters. The number of aryl methyl sites for hydroxylation is 1. The quantitative estimate of drug-likeness (QED) is 0.287. The molecular formula is C23H28IN5O2. The predicted molar refractivity (Wildman–Crippen MR) is 134 cm³/mol. The first kappa shape index (κ1) is 22.9. The Kier molecular flexibility index (Phi) is 8.16. The first-order valence-electron chi connectivity index (χ1n) is 10.3. The molecule has 0 fully saturated rings. The number of benzene rings is 2. The third-order valence-corrected chi connectivity index (χ3v) is 4.72. The molecule has 31 heavy (non-hydrogen) atoms. The minimum absolute atomic E-state index is 0. The van der Waals surface area contributed by atoms with E-state index >= 15 is 0 Å². The van der Waals surface area contributed by atoms with Gasteiger partial charge in [-0.15, -0.1) is 24.0 Å². The van der Waals surface area contributed by atoms with Crippen LogP contribution in [0.5, 0.6) is 11.5 Å². The molecule has 0 amide bonds. The first-order chi connectivity index (χ1) is 14.7. The number of halogens is 1. The third-order valence-electron chi connectivity index (χ3n) is 4.72. The van der Waals surface area contributed by atoms with Gasteiger partial charge in [-0.25, -0.2) is 9.67 Å². The van der Waals surface area contributed by atoms with E-state index < -0.39 is 0 Å². The Morgan fingerprint density at radius 3 is 2.68 bits per heavy atom. The van der Waals surface area contributed by atoms with E-state index in [0.29, 0.717) is 25.7 Å². The molecule has 8 heteroatoms. The second kappa shape index (κ2) is 11.0. The Morgan fingerprint density at radius 2 is 1.90 bits per heavy atom. The van der Waals surface area contributed by atoms with Crippen molar-refractivity contribution in [2.24, 2.45) is 4.99 Å². The van der Waals surface area contributed by atoms with E-state index in [9.17, 15) is 0 Å². The lowest BCUT2D eigenvalue weighted by molar-refractivity contribution is 0.297. The van der Waals surface area contributed by atoms with Crippen molar-refractivity contribution in [3.8, 4) is 17.2 Å². The standard InChI is InChI=1S/C23H27N5O2.HI/c1-3-24-23(26-19-9-10-21-22(15-19)30-14-6-13-29-21)25-16-18-7-4-5-8-20(18)28-12-11-17(2)27-28;/h4-5,7-12,15H,3,6,13-14,16H2,1-2H3,(H2,24,25,26);1H. The Balaban J connectivity index is 0.00000272. The van der Waals surface area contributed by atoms with Crippen molar-refractivity contribution in [3.63, 3.8) is 0 Å². The highest BCUT2D eigenvalue weighted by Crippen LogP contribution is 2.32. The number of para-hydroxylation sites is 1. The number of nitrogens with zero attached hydrogens (tertiary/aromatic N) is 3. The summed E-state index contributed by atoms with van der Waals surface area (Å²) in [6.07, 6.45) is 2.86. The van der Waals surface area contributed by atoms with Crippen LogP contribution in [0, 0.1) is 6.92 Å². The second-order valence-corrected chi connectivity index (χ2v) is 7.06. The van der Waals surface area contributed by atoms with Gasteiger partial charge in [0.25, 0.3) is 0 Å². The molecule has 0 saturated heterocycles. The number of ether oxygens (including phenoxy) is 2. The Hall–Kier alpha value is -2.75. The Morgan fingerprint density at radius 1 is 1.10 bits per heavy atom. The van der Waals surface area contributed by atoms with E-state index in [4.69, 9.17) is 14.5 Å². The molecule has 0 saturated carbocycles. The number of hydrogen-bond donors (Lipinski definition) is 2. The lowest BCUT2D eigenvalue weighted by Crippen LogP contribution is -2.30. The summed E-state index contributed by atoms with van der Waals surface area (Å²) in [6, 6.07) is 16.0. The molecule has 1 aliphatic rings. The topological polar surface area (TPSA) is 72.7 Å². The number of hydrogen-bond acceptors (Lipinski definition) is 4. The lowest BCUT2D eigenvalue weighted by atomic mass is 10.2. The van der Waals surface area contributed by atoms with Crippen LogP contribution in [0.4, 0.5) is 5.69 Å². The molecule has 0 spiro atoms. The van der Waals surface area contributed by atoms with Gasteiger partial charge in [0, 0.05) is 30.9 Å². The highest BCUT2D eigenvalue weighted by atomic mass is 127. The summed E-state index contributed by atoms with van der Waals surface area (Å²) in [5.74, 6) is 2.25. The molecule has 2 aromatic carbocycles. The van der Waals surface area contributed by atoms with Crippen molar-refractivity contribution >= 4 is 35.6 Å². The normalized spacial score (nSPS) is 13.2. The van der Waals surface area contributed by atoms with Gasteiger partial charge in [-0.05, 0) is 43.7 Å². The Labute approximate surface area is 199 Å². The molecule has 2 N–H and O–H groups in total. The number of guanidine groups is 1. The number of rotatable bonds is 5. The van der Waals surface area contributed by atoms with E-state index in [2.05, 4.69) is 27.9 Å². The molecule has 3 aromatic rings. The fourth-order valence-corrected chi connectivity index (χ4v) is 3.27. The average Bonchev–Trinajstić information content (AvgIpc) is 3.05. The maximum Gasteiger partial charge on any atom is 0.196 e. The maximum atomic E-state index is 5.79. The molecule has 2 heterocycles. The smallest absolute Gasteiger partial charge is 0.196 e. The highest BCUT2D eigenvalue weighted by Gasteiger charge is 2.12. The molecule has 0 aliphatic carbocycles. The van der Waals surface area contributed by atoms with Crippen molar-refractivity contribution in [2.75, 3.05) is 25.1 Å². The minimum Gasteiger partial charge on any atom is -0.490 e. The van der Waals surface area contributed by atoms with Crippen LogP contribution in [0.3, 0.4) is 0 Å². The summed E-state index contributed by atoms with van der Waals surface area (Å²) in [5, 5.41) is 11.2. The van der Waals surface area contributed by atoms with Crippen molar-refractivity contribution in [3.05, 3.63) is 66.0 Å². The zero-order valence-electron chi connectivity index (χ0n) is 17.8. The summed E-state index contributed by atoms with van der Waals surface area (Å²) in [5.41, 5.74) is 4.00. The van der Waals surface area contributed by atoms with Crippen molar-refractivity contribution in [1.29, 1.82) is 0 Å². The van der Waals surface area contributed by atoms with Gasteiger partial charge in [-0.1, -0.05) is 18.2 Å². The van der Waals surface area contributed by atoms with Crippen molar-refractivity contribution in [2.45, 2.75) is 26.8 Å². The fourth-order valence-electron chi connectivity index (χ4n) is 3.27. The van der Waals surface area contributed by atoms with Crippen LogP contribution in [0.25, 0.3) is 5.69 Å². The second-order valence-electron chi connectivity index (χ2n) is 7.06. The van der Waals surface area contributed by atoms with Crippen LogP contribution in [0.1, 0.15) is 24.6 Å². The van der Waals surface area contributed by atoms with Crippen LogP contribution < -0.4 is 20.1 Å². The number of aromatic nitrogens is 2. The number of aliphatic imine (C=N–C) groups is 1. The van der Waals surface area contributed by atoms with Gasteiger partial charge in [0.15, 0.2) is 17.5 Å². The lowest BCUT2D eigenvalue weighted by Gasteiger charge is -2.14. The highest BCUT2D eigenvalue weighted by molar-refractivity contribution is 14.0. The van der Waals surface area contributed by atoms with Gasteiger partial charge in [-0.2, -0.15) is 5.10 Å². The van der Waals surface area contributed by atoms with E-state index in [0.717, 1.165) is 47.1 Å². The van der Waals surface area contributed by atoms with Gasteiger partial charge < -0.3 is 20.1 Å². The van der Waals surface area contributed by atoms with Gasteiger partial charge >= 0.3 is 0 Å². The fraction of sp³-hybridized carbons (Fsp3) is 0.304. The van der Waals surface area contributed by atoms with Crippen LogP contribution in [0.2, 0.25) is 0 Å². The molecule has 4 rings (SSSR count). The van der Waals surface area contributed by atoms with Crippen LogP contribution in [-0.4, -0.2) is 35.5 Å². The zero-order chi connectivity index (χ0) is 20.8. The summed E-state index contributed by atoms with van der Waals surface area (Å²) in [4.78, 5) is 4.78. The molecule has 0 radical (unpaired) electrons. The SMILES string of the molecule is CCNC(=NCc1ccccc1-n1ccc(C)n1)Nc1ccc2c(c1)OCCCO2.I. The largest absolute Gasteiger partial charge is 0.490 e. The number of nitrogens with one attached hydrogen (secondary N) is 2. The van der Waals surface area contributed by atoms with E-state index in [-0.39, 0.29) is 24.0 Å². The summed E-state index contributed by atoms with van der Waals surface area (Å²) in [7, 11) is 0. The van der Waals surface area contributed by atoms with Crippen molar-refractivity contribution in [1.82, 2.24) is 15.1 Å². The third kappa shape index (κ3) is 5.90. The maximum absolute atomic E-state index is 5.79. The average molecular weight is 533 g/mol. The Bertz CT molecular complexity index is 1030. The summed E-state index contributed by atoms with van der Waals surface area (Å²) >= 11 is 0. The molecule has 7 nitrogen and oxygen atoms in total. The number of anilines is 1. The predicted octanol–water partition coefficient (Wildman–Crippen LogP) is 4.54. The van der Waals surface area contributed by atoms with E-state index in [1.165, 1.54) is 0 Å². The molecule has 164 valence electrons. The van der Waals surface area contributed by atoms with Gasteiger partial charge in [-0.3, -0.25) is 0 Å². The molecular weight excluding hydrogens is 505 g/mol. The number of fused-ring (bicyclic) bond motifs is 1. The molecule has 1 aromatic heterocycles. The van der Waals surface area contributed by atoms with Gasteiger partial charge in [0.1, 0.15) is 0 Å². The molecule has 0 atom stereocenters. The monoisotopic (exact) mass is 533 g/mol. The van der Waals surface area contributed by atoms with Gasteiger partial charge in [0.2, 0.25) is 0 Å². The summed E-state index contributed by atoms with van der Waals surface area (Å²) in [6.45, 7) is 6.66.